The van der Waals surface area contributed by atoms with E-state index >= 15 is 0 Å². The summed E-state index contributed by atoms with van der Waals surface area (Å²) in [5.41, 5.74) is 2.28. The smallest absolute Gasteiger partial charge is 0.317 e. The van der Waals surface area contributed by atoms with Crippen molar-refractivity contribution >= 4 is 24.1 Å². The van der Waals surface area contributed by atoms with Crippen molar-refractivity contribution < 1.29 is 19.1 Å². The van der Waals surface area contributed by atoms with Gasteiger partial charge in [-0.25, -0.2) is 9.79 Å². The van der Waals surface area contributed by atoms with Crippen LogP contribution in [0.3, 0.4) is 0 Å². The molecule has 2 amide bonds. The molecule has 1 saturated carbocycles. The minimum absolute atomic E-state index is 0.0105. The number of amidine groups is 1. The predicted molar refractivity (Wildman–Crippen MR) is 139 cm³/mol. The first kappa shape index (κ1) is 26.6. The SMILES string of the molecule is CCOC(=O)CCNC(=O)N1CCN(C2=NC(C3CC3)=C3COC(C)(C)CC3C2C=N)C[C@H]1C(C)C. The van der Waals surface area contributed by atoms with E-state index in [9.17, 15) is 9.59 Å². The number of allylic oxidation sites excluding steroid dienone is 1. The molecule has 9 heteroatoms. The Morgan fingerprint density at radius 3 is 2.69 bits per heavy atom. The number of ether oxygens (including phenoxy) is 2. The van der Waals surface area contributed by atoms with Crippen LogP contribution in [0.2, 0.25) is 0 Å². The lowest BCUT2D eigenvalue weighted by Crippen LogP contribution is -2.62. The van der Waals surface area contributed by atoms with Crippen LogP contribution in [0.4, 0.5) is 4.79 Å². The Balaban J connectivity index is 1.50. The summed E-state index contributed by atoms with van der Waals surface area (Å²) in [6, 6.07) is -0.129. The van der Waals surface area contributed by atoms with E-state index in [1.165, 1.54) is 24.1 Å². The highest BCUT2D eigenvalue weighted by molar-refractivity contribution is 5.99. The lowest BCUT2D eigenvalue weighted by atomic mass is 9.73. The molecule has 3 atom stereocenters. The second kappa shape index (κ2) is 10.9. The molecule has 1 aliphatic carbocycles. The third-order valence-corrected chi connectivity index (χ3v) is 7.90. The van der Waals surface area contributed by atoms with Gasteiger partial charge in [-0.15, -0.1) is 0 Å². The zero-order valence-corrected chi connectivity index (χ0v) is 22.5. The lowest BCUT2D eigenvalue weighted by Gasteiger charge is -2.48. The van der Waals surface area contributed by atoms with E-state index in [0.717, 1.165) is 12.3 Å². The van der Waals surface area contributed by atoms with Gasteiger partial charge in [0.1, 0.15) is 5.84 Å². The number of piperazine rings is 1. The highest BCUT2D eigenvalue weighted by atomic mass is 16.5. The Labute approximate surface area is 215 Å². The molecule has 3 fully saturated rings. The second-order valence-electron chi connectivity index (χ2n) is 11.4. The van der Waals surface area contributed by atoms with E-state index in [2.05, 4.69) is 37.9 Å². The first-order valence-electron chi connectivity index (χ1n) is 13.6. The third-order valence-electron chi connectivity index (χ3n) is 7.90. The Bertz CT molecular complexity index is 923. The first-order valence-corrected chi connectivity index (χ1v) is 13.6. The van der Waals surface area contributed by atoms with Gasteiger partial charge in [-0.3, -0.25) is 4.79 Å². The number of urea groups is 1. The van der Waals surface area contributed by atoms with Gasteiger partial charge in [-0.1, -0.05) is 13.8 Å². The van der Waals surface area contributed by atoms with Crippen LogP contribution in [-0.2, 0) is 14.3 Å². The standard InChI is InChI=1S/C27H43N5O4/c1-6-35-23(33)9-10-29-26(34)32-12-11-31(15-22(32)17(2)3)25-20(14-28)19-13-27(4,5)36-16-21(19)24(30-25)18-7-8-18/h14,17-20,22,28H,6-13,15-16H2,1-5H3,(H,29,34)/t19?,20?,22-/m0/s1. The molecule has 2 saturated heterocycles. The summed E-state index contributed by atoms with van der Waals surface area (Å²) < 4.78 is 11.1. The fourth-order valence-electron chi connectivity index (χ4n) is 5.78. The van der Waals surface area contributed by atoms with E-state index in [-0.39, 0.29) is 54.4 Å². The summed E-state index contributed by atoms with van der Waals surface area (Å²) in [5, 5.41) is 11.3. The number of nitrogens with one attached hydrogen (secondary N) is 2. The Kier molecular flexibility index (Phi) is 8.07. The quantitative estimate of drug-likeness (QED) is 0.410. The van der Waals surface area contributed by atoms with Crippen LogP contribution in [0.5, 0.6) is 0 Å². The zero-order valence-electron chi connectivity index (χ0n) is 22.5. The maximum absolute atomic E-state index is 13.0. The van der Waals surface area contributed by atoms with Gasteiger partial charge in [0.25, 0.3) is 0 Å². The van der Waals surface area contributed by atoms with Crippen LogP contribution in [-0.4, -0.2) is 84.9 Å². The van der Waals surface area contributed by atoms with Crippen LogP contribution >= 0.6 is 0 Å². The summed E-state index contributed by atoms with van der Waals surface area (Å²) in [5.74, 6) is 1.64. The van der Waals surface area contributed by atoms with Crippen molar-refractivity contribution in [3.05, 3.63) is 11.3 Å². The number of carbonyl (C=O) groups excluding carboxylic acids is 2. The number of esters is 1. The molecule has 36 heavy (non-hydrogen) atoms. The van der Waals surface area contributed by atoms with Gasteiger partial charge in [0.05, 0.1) is 37.2 Å². The topological polar surface area (TPSA) is 107 Å². The van der Waals surface area contributed by atoms with Crippen LogP contribution in [0.1, 0.15) is 60.3 Å². The second-order valence-corrected chi connectivity index (χ2v) is 11.4. The summed E-state index contributed by atoms with van der Waals surface area (Å²) in [6.07, 6.45) is 4.98. The molecular weight excluding hydrogens is 458 g/mol. The maximum Gasteiger partial charge on any atom is 0.317 e. The average Bonchev–Trinajstić information content (AvgIpc) is 3.67. The van der Waals surface area contributed by atoms with Crippen molar-refractivity contribution in [2.24, 2.45) is 28.7 Å². The number of aliphatic imine (C=N–C) groups is 1. The molecule has 0 spiro atoms. The number of nitrogens with zero attached hydrogens (tertiary/aromatic N) is 3. The van der Waals surface area contributed by atoms with E-state index in [1.807, 2.05) is 4.90 Å². The Hall–Kier alpha value is -2.42. The van der Waals surface area contributed by atoms with Gasteiger partial charge >= 0.3 is 12.0 Å². The summed E-state index contributed by atoms with van der Waals surface area (Å²) >= 11 is 0. The first-order chi connectivity index (χ1) is 17.1. The van der Waals surface area contributed by atoms with E-state index in [1.54, 1.807) is 13.1 Å². The minimum atomic E-state index is -0.300. The van der Waals surface area contributed by atoms with Crippen LogP contribution in [0.25, 0.3) is 0 Å². The summed E-state index contributed by atoms with van der Waals surface area (Å²) in [4.78, 5) is 34.1. The molecule has 4 aliphatic rings. The van der Waals surface area contributed by atoms with Crippen molar-refractivity contribution in [2.45, 2.75) is 71.9 Å². The van der Waals surface area contributed by atoms with Gasteiger partial charge < -0.3 is 30.0 Å². The summed E-state index contributed by atoms with van der Waals surface area (Å²) in [7, 11) is 0. The van der Waals surface area contributed by atoms with Gasteiger partial charge in [0.15, 0.2) is 0 Å². The van der Waals surface area contributed by atoms with Crippen molar-refractivity contribution in [2.75, 3.05) is 39.4 Å². The predicted octanol–water partition coefficient (Wildman–Crippen LogP) is 3.45. The minimum Gasteiger partial charge on any atom is -0.466 e. The highest BCUT2D eigenvalue weighted by Gasteiger charge is 2.46. The number of fused-ring (bicyclic) bond motifs is 1. The fourth-order valence-corrected chi connectivity index (χ4v) is 5.78. The molecule has 3 heterocycles. The number of hydrogen-bond acceptors (Lipinski definition) is 7. The van der Waals surface area contributed by atoms with E-state index in [0.29, 0.717) is 38.8 Å². The molecule has 2 N–H and O–H groups in total. The van der Waals surface area contributed by atoms with Crippen LogP contribution < -0.4 is 5.32 Å². The number of amides is 2. The van der Waals surface area contributed by atoms with Crippen molar-refractivity contribution in [3.8, 4) is 0 Å². The molecule has 0 aromatic rings. The molecule has 4 rings (SSSR count). The Morgan fingerprint density at radius 2 is 2.06 bits per heavy atom. The van der Waals surface area contributed by atoms with Gasteiger partial charge in [0, 0.05) is 49.9 Å². The van der Waals surface area contributed by atoms with Gasteiger partial charge in [-0.2, -0.15) is 0 Å². The van der Waals surface area contributed by atoms with Crippen molar-refractivity contribution in [1.29, 1.82) is 5.41 Å². The van der Waals surface area contributed by atoms with Crippen LogP contribution in [0, 0.1) is 29.1 Å². The Morgan fingerprint density at radius 1 is 1.31 bits per heavy atom. The fraction of sp³-hybridized carbons (Fsp3) is 0.778. The molecule has 9 nitrogen and oxygen atoms in total. The lowest BCUT2D eigenvalue weighted by molar-refractivity contribution is -0.142. The highest BCUT2D eigenvalue weighted by Crippen LogP contribution is 2.48. The normalized spacial score (nSPS) is 27.9. The number of rotatable bonds is 7. The van der Waals surface area contributed by atoms with Crippen LogP contribution in [0.15, 0.2) is 16.3 Å². The van der Waals surface area contributed by atoms with Crippen molar-refractivity contribution in [1.82, 2.24) is 15.1 Å². The molecule has 200 valence electrons. The number of hydrogen-bond donors (Lipinski definition) is 2. The number of carbonyl (C=O) groups is 2. The molecular formula is C27H43N5O4. The summed E-state index contributed by atoms with van der Waals surface area (Å²) in [6.45, 7) is 13.5. The molecule has 0 aromatic heterocycles. The molecule has 0 radical (unpaired) electrons. The average molecular weight is 502 g/mol. The molecule has 0 bridgehead atoms. The largest absolute Gasteiger partial charge is 0.466 e. The third kappa shape index (κ3) is 5.76. The maximum atomic E-state index is 13.0. The van der Waals surface area contributed by atoms with E-state index < -0.39 is 0 Å². The van der Waals surface area contributed by atoms with E-state index in [4.69, 9.17) is 19.9 Å². The monoisotopic (exact) mass is 501 g/mol. The molecule has 3 aliphatic heterocycles. The molecule has 0 aromatic carbocycles. The molecule has 2 unspecified atom stereocenters. The van der Waals surface area contributed by atoms with Gasteiger partial charge in [0.2, 0.25) is 0 Å². The zero-order chi connectivity index (χ0) is 26.0. The van der Waals surface area contributed by atoms with Crippen molar-refractivity contribution in [3.63, 3.8) is 0 Å². The van der Waals surface area contributed by atoms with Gasteiger partial charge in [-0.05, 0) is 51.5 Å².